The number of fused-ring (bicyclic) bond motifs is 1. The van der Waals surface area contributed by atoms with Crippen LogP contribution in [0, 0.1) is 29.6 Å². The lowest BCUT2D eigenvalue weighted by Gasteiger charge is -2.35. The molecule has 9 heteroatoms. The molecule has 1 fully saturated rings. The number of aryl methyl sites for hydroxylation is 2. The Labute approximate surface area is 211 Å². The first-order valence-electron chi connectivity index (χ1n) is 12.6. The number of carbonyl (C=O) groups is 1. The van der Waals surface area contributed by atoms with Gasteiger partial charge in [0.2, 0.25) is 5.91 Å². The number of nitriles is 1. The summed E-state index contributed by atoms with van der Waals surface area (Å²) in [6.45, 7) is 6.79. The standard InChI is InChI=1S/C27H33N7O2/c1-17-25(13-30-32(17)3)24-10-19-5-4-7-34(26(19)11-20(24)12-28)27(29)21-9-22(31-23-15-36-16-23)6-8-33(14-21)18(2)35/h9-11,13,21,23,29,31H,4-8,14-16H2,1-3H3. The third kappa shape index (κ3) is 4.49. The van der Waals surface area contributed by atoms with Crippen molar-refractivity contribution in [3.05, 3.63) is 46.9 Å². The minimum absolute atomic E-state index is 0.0247. The maximum absolute atomic E-state index is 12.3. The van der Waals surface area contributed by atoms with Crippen molar-refractivity contribution < 1.29 is 9.53 Å². The molecule has 2 N–H and O–H groups in total. The summed E-state index contributed by atoms with van der Waals surface area (Å²) in [5.41, 5.74) is 6.57. The molecule has 36 heavy (non-hydrogen) atoms. The second-order valence-electron chi connectivity index (χ2n) is 9.94. The van der Waals surface area contributed by atoms with E-state index in [4.69, 9.17) is 4.74 Å². The molecule has 0 bridgehead atoms. The van der Waals surface area contributed by atoms with Gasteiger partial charge in [-0.05, 0) is 37.5 Å². The summed E-state index contributed by atoms with van der Waals surface area (Å²) in [4.78, 5) is 16.2. The quantitative estimate of drug-likeness (QED) is 0.507. The van der Waals surface area contributed by atoms with E-state index in [2.05, 4.69) is 28.6 Å². The van der Waals surface area contributed by atoms with E-state index in [0.29, 0.717) is 50.3 Å². The first-order valence-corrected chi connectivity index (χ1v) is 12.6. The summed E-state index contributed by atoms with van der Waals surface area (Å²) in [5.74, 6) is 0.246. The minimum Gasteiger partial charge on any atom is -0.381 e. The fourth-order valence-electron chi connectivity index (χ4n) is 5.28. The molecule has 0 saturated carbocycles. The average molecular weight is 488 g/mol. The Kier molecular flexibility index (Phi) is 6.54. The van der Waals surface area contributed by atoms with Crippen LogP contribution in [0.4, 0.5) is 5.69 Å². The summed E-state index contributed by atoms with van der Waals surface area (Å²) in [6, 6.07) is 6.69. The first kappa shape index (κ1) is 24.1. The Morgan fingerprint density at radius 3 is 2.69 bits per heavy atom. The second kappa shape index (κ2) is 9.78. The molecule has 9 nitrogen and oxygen atoms in total. The van der Waals surface area contributed by atoms with Crippen LogP contribution in [0.15, 0.2) is 30.1 Å². The van der Waals surface area contributed by atoms with E-state index in [9.17, 15) is 15.5 Å². The van der Waals surface area contributed by atoms with Gasteiger partial charge in [0.15, 0.2) is 0 Å². The van der Waals surface area contributed by atoms with E-state index in [-0.39, 0.29) is 11.8 Å². The Balaban J connectivity index is 1.48. The number of hydrogen-bond acceptors (Lipinski definition) is 6. The zero-order valence-corrected chi connectivity index (χ0v) is 21.2. The number of nitrogens with one attached hydrogen (secondary N) is 2. The molecular weight excluding hydrogens is 454 g/mol. The van der Waals surface area contributed by atoms with Crippen LogP contribution in [-0.2, 0) is 23.0 Å². The topological polar surface area (TPSA) is 110 Å². The third-order valence-corrected chi connectivity index (χ3v) is 7.57. The molecule has 1 unspecified atom stereocenters. The minimum atomic E-state index is -0.239. The van der Waals surface area contributed by atoms with E-state index >= 15 is 0 Å². The molecule has 1 saturated heterocycles. The monoisotopic (exact) mass is 487 g/mol. The van der Waals surface area contributed by atoms with E-state index in [1.807, 2.05) is 40.7 Å². The van der Waals surface area contributed by atoms with E-state index in [0.717, 1.165) is 53.0 Å². The fraction of sp³-hybridized carbons (Fsp3) is 0.481. The van der Waals surface area contributed by atoms with Crippen LogP contribution in [0.3, 0.4) is 0 Å². The van der Waals surface area contributed by atoms with Crippen molar-refractivity contribution in [1.29, 1.82) is 10.7 Å². The third-order valence-electron chi connectivity index (χ3n) is 7.57. The lowest BCUT2D eigenvalue weighted by molar-refractivity contribution is -0.128. The molecule has 0 radical (unpaired) electrons. The zero-order valence-electron chi connectivity index (χ0n) is 21.2. The van der Waals surface area contributed by atoms with Crippen LogP contribution in [0.5, 0.6) is 0 Å². The number of nitrogens with zero attached hydrogens (tertiary/aromatic N) is 5. The number of amidine groups is 1. The maximum atomic E-state index is 12.3. The predicted molar refractivity (Wildman–Crippen MR) is 138 cm³/mol. The number of benzene rings is 1. The van der Waals surface area contributed by atoms with Gasteiger partial charge in [-0.1, -0.05) is 6.08 Å². The van der Waals surface area contributed by atoms with Crippen LogP contribution in [0.1, 0.15) is 36.6 Å². The normalized spacial score (nSPS) is 20.1. The number of aromatic nitrogens is 2. The average Bonchev–Trinajstić information content (AvgIpc) is 3.04. The van der Waals surface area contributed by atoms with Gasteiger partial charge in [0, 0.05) is 68.2 Å². The molecule has 3 aliphatic heterocycles. The van der Waals surface area contributed by atoms with Crippen LogP contribution in [0.2, 0.25) is 0 Å². The molecule has 1 atom stereocenters. The van der Waals surface area contributed by atoms with Crippen LogP contribution >= 0.6 is 0 Å². The van der Waals surface area contributed by atoms with Crippen LogP contribution < -0.4 is 10.2 Å². The molecular formula is C27H33N7O2. The van der Waals surface area contributed by atoms with Gasteiger partial charge in [-0.25, -0.2) is 0 Å². The van der Waals surface area contributed by atoms with Gasteiger partial charge in [-0.3, -0.25) is 14.9 Å². The lowest BCUT2D eigenvalue weighted by Crippen LogP contribution is -2.45. The Morgan fingerprint density at radius 2 is 2.06 bits per heavy atom. The summed E-state index contributed by atoms with van der Waals surface area (Å²) in [5, 5.41) is 27.2. The van der Waals surface area contributed by atoms with Crippen molar-refractivity contribution >= 4 is 17.4 Å². The van der Waals surface area contributed by atoms with Gasteiger partial charge in [-0.15, -0.1) is 0 Å². The Bertz CT molecular complexity index is 1270. The van der Waals surface area contributed by atoms with Crippen molar-refractivity contribution in [1.82, 2.24) is 20.0 Å². The largest absolute Gasteiger partial charge is 0.381 e. The fourth-order valence-corrected chi connectivity index (χ4v) is 5.28. The van der Waals surface area contributed by atoms with Gasteiger partial charge >= 0.3 is 0 Å². The summed E-state index contributed by atoms with van der Waals surface area (Å²) >= 11 is 0. The van der Waals surface area contributed by atoms with Gasteiger partial charge in [0.1, 0.15) is 5.84 Å². The summed E-state index contributed by atoms with van der Waals surface area (Å²) in [7, 11) is 1.90. The molecule has 1 amide bonds. The SMILES string of the molecule is CC(=O)N1CCC(NC2COC2)=CC(C(=N)N2CCCc3cc(-c4cnn(C)c4C)c(C#N)cc32)C1. The number of ether oxygens (including phenoxy) is 1. The number of hydrogen-bond donors (Lipinski definition) is 2. The highest BCUT2D eigenvalue weighted by molar-refractivity contribution is 6.00. The lowest BCUT2D eigenvalue weighted by atomic mass is 9.91. The Hall–Kier alpha value is -3.64. The molecule has 1 aromatic heterocycles. The molecule has 0 spiro atoms. The van der Waals surface area contributed by atoms with Crippen LogP contribution in [-0.4, -0.2) is 65.3 Å². The predicted octanol–water partition coefficient (Wildman–Crippen LogP) is 2.74. The van der Waals surface area contributed by atoms with Crippen molar-refractivity contribution in [2.45, 2.75) is 39.2 Å². The number of amides is 1. The summed E-state index contributed by atoms with van der Waals surface area (Å²) in [6.07, 6.45) is 6.49. The van der Waals surface area contributed by atoms with Crippen molar-refractivity contribution in [3.63, 3.8) is 0 Å². The van der Waals surface area contributed by atoms with Gasteiger partial charge < -0.3 is 19.9 Å². The molecule has 1 aromatic carbocycles. The van der Waals surface area contributed by atoms with Gasteiger partial charge in [-0.2, -0.15) is 10.4 Å². The molecule has 0 aliphatic carbocycles. The van der Waals surface area contributed by atoms with Crippen molar-refractivity contribution in [2.24, 2.45) is 13.0 Å². The number of carbonyl (C=O) groups excluding carboxylic acids is 1. The van der Waals surface area contributed by atoms with E-state index in [1.165, 1.54) is 0 Å². The van der Waals surface area contributed by atoms with Gasteiger partial charge in [0.05, 0.1) is 43.0 Å². The molecule has 2 aromatic rings. The highest BCUT2D eigenvalue weighted by atomic mass is 16.5. The Morgan fingerprint density at radius 1 is 1.25 bits per heavy atom. The maximum Gasteiger partial charge on any atom is 0.219 e. The first-order chi connectivity index (χ1) is 17.4. The smallest absolute Gasteiger partial charge is 0.219 e. The zero-order chi connectivity index (χ0) is 25.4. The van der Waals surface area contributed by atoms with Crippen molar-refractivity contribution in [3.8, 4) is 17.2 Å². The van der Waals surface area contributed by atoms with E-state index < -0.39 is 0 Å². The second-order valence-corrected chi connectivity index (χ2v) is 9.94. The molecule has 188 valence electrons. The highest BCUT2D eigenvalue weighted by Crippen LogP contribution is 2.36. The molecule has 4 heterocycles. The van der Waals surface area contributed by atoms with Crippen LogP contribution in [0.25, 0.3) is 11.1 Å². The molecule has 5 rings (SSSR count). The van der Waals surface area contributed by atoms with Gasteiger partial charge in [0.25, 0.3) is 0 Å². The highest BCUT2D eigenvalue weighted by Gasteiger charge is 2.31. The number of rotatable bonds is 4. The van der Waals surface area contributed by atoms with Crippen molar-refractivity contribution in [2.75, 3.05) is 37.7 Å². The molecule has 3 aliphatic rings. The summed E-state index contributed by atoms with van der Waals surface area (Å²) < 4.78 is 7.13. The van der Waals surface area contributed by atoms with E-state index in [1.54, 1.807) is 6.92 Å². The number of anilines is 1.